The van der Waals surface area contributed by atoms with Crippen molar-refractivity contribution in [1.29, 1.82) is 0 Å². The second kappa shape index (κ2) is 12.6. The van der Waals surface area contributed by atoms with Crippen LogP contribution in [-0.2, 0) is 11.2 Å². The summed E-state index contributed by atoms with van der Waals surface area (Å²) >= 11 is 6.15. The number of nitrogens with zero attached hydrogens (tertiary/aromatic N) is 2. The molecule has 4 rings (SSSR count). The predicted molar refractivity (Wildman–Crippen MR) is 137 cm³/mol. The Bertz CT molecular complexity index is 1020. The Balaban J connectivity index is 1.23. The van der Waals surface area contributed by atoms with E-state index in [0.29, 0.717) is 18.2 Å². The molecule has 1 heterocycles. The number of carbonyl (C=O) groups is 1. The quantitative estimate of drug-likeness (QED) is 0.469. The highest BCUT2D eigenvalue weighted by molar-refractivity contribution is 6.32. The first-order chi connectivity index (χ1) is 16.7. The number of rotatable bonds is 10. The molecule has 1 N–H and O–H groups in total. The maximum absolute atomic E-state index is 12.9. The molecule has 1 unspecified atom stereocenters. The molecule has 1 saturated heterocycles. The molecular formula is C28H32ClN3O2. The summed E-state index contributed by atoms with van der Waals surface area (Å²) in [5.74, 6) is 0.795. The molecule has 1 fully saturated rings. The Hall–Kier alpha value is -2.86. The third-order valence-corrected chi connectivity index (χ3v) is 6.47. The monoisotopic (exact) mass is 477 g/mol. The van der Waals surface area contributed by atoms with Gasteiger partial charge >= 0.3 is 0 Å². The Morgan fingerprint density at radius 2 is 1.47 bits per heavy atom. The van der Waals surface area contributed by atoms with Crippen LogP contribution >= 0.6 is 11.6 Å². The topological polar surface area (TPSA) is 44.8 Å². The first-order valence-corrected chi connectivity index (χ1v) is 12.3. The van der Waals surface area contributed by atoms with Gasteiger partial charge in [-0.05, 0) is 29.7 Å². The van der Waals surface area contributed by atoms with E-state index in [9.17, 15) is 4.79 Å². The molecule has 3 aromatic carbocycles. The van der Waals surface area contributed by atoms with Gasteiger partial charge in [0.05, 0.1) is 17.6 Å². The Morgan fingerprint density at radius 3 is 2.18 bits per heavy atom. The Morgan fingerprint density at radius 1 is 0.853 bits per heavy atom. The lowest BCUT2D eigenvalue weighted by atomic mass is 9.99. The molecule has 0 spiro atoms. The minimum absolute atomic E-state index is 0.0423. The van der Waals surface area contributed by atoms with Crippen molar-refractivity contribution in [2.45, 2.75) is 12.5 Å². The van der Waals surface area contributed by atoms with E-state index in [1.165, 1.54) is 5.56 Å². The van der Waals surface area contributed by atoms with Gasteiger partial charge in [-0.2, -0.15) is 0 Å². The van der Waals surface area contributed by atoms with Gasteiger partial charge in [-0.15, -0.1) is 0 Å². The van der Waals surface area contributed by atoms with Crippen molar-refractivity contribution in [1.82, 2.24) is 15.1 Å². The molecule has 178 valence electrons. The van der Waals surface area contributed by atoms with Crippen molar-refractivity contribution in [3.05, 3.63) is 101 Å². The van der Waals surface area contributed by atoms with E-state index < -0.39 is 0 Å². The number of halogens is 1. The highest BCUT2D eigenvalue weighted by Crippen LogP contribution is 2.23. The zero-order valence-corrected chi connectivity index (χ0v) is 20.2. The maximum atomic E-state index is 12.9. The second-order valence-electron chi connectivity index (χ2n) is 8.62. The van der Waals surface area contributed by atoms with Crippen LogP contribution in [0.3, 0.4) is 0 Å². The van der Waals surface area contributed by atoms with Gasteiger partial charge in [0.2, 0.25) is 5.91 Å². The van der Waals surface area contributed by atoms with Crippen LogP contribution in [-0.4, -0.2) is 61.6 Å². The van der Waals surface area contributed by atoms with Crippen molar-refractivity contribution in [3.63, 3.8) is 0 Å². The smallest absolute Gasteiger partial charge is 0.234 e. The number of hydrogen-bond acceptors (Lipinski definition) is 4. The summed E-state index contributed by atoms with van der Waals surface area (Å²) < 4.78 is 5.81. The van der Waals surface area contributed by atoms with Gasteiger partial charge in [-0.3, -0.25) is 14.6 Å². The van der Waals surface area contributed by atoms with E-state index >= 15 is 0 Å². The molecule has 34 heavy (non-hydrogen) atoms. The van der Waals surface area contributed by atoms with Crippen LogP contribution in [0.15, 0.2) is 84.9 Å². The molecule has 0 aromatic heterocycles. The van der Waals surface area contributed by atoms with Crippen LogP contribution < -0.4 is 10.1 Å². The summed E-state index contributed by atoms with van der Waals surface area (Å²) in [5.41, 5.74) is 2.34. The van der Waals surface area contributed by atoms with Crippen molar-refractivity contribution in [3.8, 4) is 5.75 Å². The molecule has 1 amide bonds. The molecule has 0 bridgehead atoms. The SMILES string of the molecule is O=C(CN1CCN(CCOc2ccccc2Cl)CC1)NC(Cc1ccccc1)c1ccccc1. The van der Waals surface area contributed by atoms with E-state index in [4.69, 9.17) is 16.3 Å². The fourth-order valence-electron chi connectivity index (χ4n) is 4.25. The molecule has 1 aliphatic heterocycles. The van der Waals surface area contributed by atoms with E-state index in [-0.39, 0.29) is 11.9 Å². The van der Waals surface area contributed by atoms with E-state index in [0.717, 1.165) is 50.5 Å². The van der Waals surface area contributed by atoms with Gasteiger partial charge in [0, 0.05) is 32.7 Å². The average Bonchev–Trinajstić information content (AvgIpc) is 2.87. The Labute approximate surface area is 207 Å². The van der Waals surface area contributed by atoms with Gasteiger partial charge in [-0.25, -0.2) is 0 Å². The summed E-state index contributed by atoms with van der Waals surface area (Å²) in [6, 6.07) is 28.0. The highest BCUT2D eigenvalue weighted by atomic mass is 35.5. The standard InChI is InChI=1S/C28H32ClN3O2/c29-25-13-7-8-14-27(25)34-20-19-31-15-17-32(18-16-31)22-28(33)30-26(24-11-5-2-6-12-24)21-23-9-3-1-4-10-23/h1-14,26H,15-22H2,(H,30,33). The summed E-state index contributed by atoms with van der Waals surface area (Å²) in [7, 11) is 0. The molecule has 3 aromatic rings. The number of carbonyl (C=O) groups excluding carboxylic acids is 1. The largest absolute Gasteiger partial charge is 0.491 e. The molecule has 1 atom stereocenters. The Kier molecular flexibility index (Phi) is 8.97. The number of ether oxygens (including phenoxy) is 1. The minimum atomic E-state index is -0.0423. The van der Waals surface area contributed by atoms with Gasteiger partial charge in [-0.1, -0.05) is 84.4 Å². The zero-order valence-electron chi connectivity index (χ0n) is 19.4. The van der Waals surface area contributed by atoms with E-state index in [2.05, 4.69) is 39.4 Å². The summed E-state index contributed by atoms with van der Waals surface area (Å²) in [6.07, 6.45) is 0.774. The van der Waals surface area contributed by atoms with Gasteiger partial charge in [0.1, 0.15) is 12.4 Å². The first kappa shape index (κ1) is 24.3. The van der Waals surface area contributed by atoms with Crippen LogP contribution in [0.5, 0.6) is 5.75 Å². The van der Waals surface area contributed by atoms with Crippen molar-refractivity contribution in [2.75, 3.05) is 45.9 Å². The van der Waals surface area contributed by atoms with E-state index in [1.54, 1.807) is 0 Å². The number of piperazine rings is 1. The molecular weight excluding hydrogens is 446 g/mol. The minimum Gasteiger partial charge on any atom is -0.491 e. The van der Waals surface area contributed by atoms with Gasteiger partial charge < -0.3 is 10.1 Å². The lowest BCUT2D eigenvalue weighted by Crippen LogP contribution is -2.50. The summed E-state index contributed by atoms with van der Waals surface area (Å²) in [5, 5.41) is 3.91. The van der Waals surface area contributed by atoms with Crippen LogP contribution in [0, 0.1) is 0 Å². The molecule has 6 heteroatoms. The molecule has 5 nitrogen and oxygen atoms in total. The fourth-order valence-corrected chi connectivity index (χ4v) is 4.44. The van der Waals surface area contributed by atoms with Crippen LogP contribution in [0.4, 0.5) is 0 Å². The average molecular weight is 478 g/mol. The molecule has 0 saturated carbocycles. The number of para-hydroxylation sites is 1. The lowest BCUT2D eigenvalue weighted by Gasteiger charge is -2.34. The van der Waals surface area contributed by atoms with Crippen LogP contribution in [0.25, 0.3) is 0 Å². The van der Waals surface area contributed by atoms with Crippen LogP contribution in [0.2, 0.25) is 5.02 Å². The summed E-state index contributed by atoms with van der Waals surface area (Å²) in [4.78, 5) is 17.5. The predicted octanol–water partition coefficient (Wildman–Crippen LogP) is 4.44. The number of nitrogens with one attached hydrogen (secondary N) is 1. The molecule has 0 radical (unpaired) electrons. The lowest BCUT2D eigenvalue weighted by molar-refractivity contribution is -0.123. The number of benzene rings is 3. The third kappa shape index (κ3) is 7.32. The third-order valence-electron chi connectivity index (χ3n) is 6.15. The first-order valence-electron chi connectivity index (χ1n) is 11.9. The van der Waals surface area contributed by atoms with Crippen LogP contribution in [0.1, 0.15) is 17.2 Å². The van der Waals surface area contributed by atoms with Crippen molar-refractivity contribution >= 4 is 17.5 Å². The molecule has 1 aliphatic rings. The summed E-state index contributed by atoms with van der Waals surface area (Å²) in [6.45, 7) is 5.45. The van der Waals surface area contributed by atoms with Gasteiger partial charge in [0.15, 0.2) is 0 Å². The maximum Gasteiger partial charge on any atom is 0.234 e. The van der Waals surface area contributed by atoms with Gasteiger partial charge in [0.25, 0.3) is 0 Å². The second-order valence-corrected chi connectivity index (χ2v) is 9.02. The van der Waals surface area contributed by atoms with Crippen molar-refractivity contribution < 1.29 is 9.53 Å². The van der Waals surface area contributed by atoms with E-state index in [1.807, 2.05) is 60.7 Å². The molecule has 0 aliphatic carbocycles. The number of amides is 1. The normalized spacial score (nSPS) is 15.6. The zero-order chi connectivity index (χ0) is 23.6. The fraction of sp³-hybridized carbons (Fsp3) is 0.321. The van der Waals surface area contributed by atoms with Crippen molar-refractivity contribution in [2.24, 2.45) is 0 Å². The number of hydrogen-bond donors (Lipinski definition) is 1. The highest BCUT2D eigenvalue weighted by Gasteiger charge is 2.21.